The molecule has 1 aromatic carbocycles. The van der Waals surface area contributed by atoms with Crippen LogP contribution in [0.15, 0.2) is 18.2 Å². The molecule has 0 bridgehead atoms. The predicted molar refractivity (Wildman–Crippen MR) is 69.3 cm³/mol. The van der Waals surface area contributed by atoms with E-state index in [1.165, 1.54) is 0 Å². The molecule has 0 amide bonds. The van der Waals surface area contributed by atoms with Gasteiger partial charge in [-0.15, -0.1) is 0 Å². The summed E-state index contributed by atoms with van der Waals surface area (Å²) in [7, 11) is 0. The molecule has 1 fully saturated rings. The SMILES string of the molecule is O=C[C@H]1[C@H](c2cc(Cl)cc(Cl)c2)C1(Br)Br. The number of aldehydes is 1. The van der Waals surface area contributed by atoms with E-state index in [1.54, 1.807) is 6.07 Å². The van der Waals surface area contributed by atoms with Crippen molar-refractivity contribution in [2.75, 3.05) is 0 Å². The van der Waals surface area contributed by atoms with Gasteiger partial charge in [0.2, 0.25) is 0 Å². The maximum atomic E-state index is 10.8. The Balaban J connectivity index is 2.36. The summed E-state index contributed by atoms with van der Waals surface area (Å²) < 4.78 is -0.338. The van der Waals surface area contributed by atoms with Crippen molar-refractivity contribution in [2.24, 2.45) is 5.92 Å². The van der Waals surface area contributed by atoms with Crippen LogP contribution < -0.4 is 0 Å². The third kappa shape index (κ3) is 2.12. The van der Waals surface area contributed by atoms with Gasteiger partial charge < -0.3 is 4.79 Å². The van der Waals surface area contributed by atoms with Gasteiger partial charge >= 0.3 is 0 Å². The standard InChI is InChI=1S/C10H6Br2Cl2O/c11-10(12)8(4-15)9(10)5-1-6(13)3-7(14)2-5/h1-4,8-9H/t8-,9-/m0/s1. The topological polar surface area (TPSA) is 17.1 Å². The molecule has 2 atom stereocenters. The van der Waals surface area contributed by atoms with E-state index in [2.05, 4.69) is 31.9 Å². The van der Waals surface area contributed by atoms with Crippen LogP contribution in [0.5, 0.6) is 0 Å². The van der Waals surface area contributed by atoms with Crippen molar-refractivity contribution in [3.05, 3.63) is 33.8 Å². The molecule has 1 nitrogen and oxygen atoms in total. The van der Waals surface area contributed by atoms with Crippen molar-refractivity contribution >= 4 is 61.3 Å². The van der Waals surface area contributed by atoms with Crippen molar-refractivity contribution in [3.8, 4) is 0 Å². The first-order chi connectivity index (χ1) is 6.96. The Morgan fingerprint density at radius 1 is 1.20 bits per heavy atom. The first-order valence-corrected chi connectivity index (χ1v) is 6.60. The van der Waals surface area contributed by atoms with Gasteiger partial charge in [0.05, 0.1) is 3.23 Å². The molecular formula is C10H6Br2Cl2O. The van der Waals surface area contributed by atoms with Crippen molar-refractivity contribution in [2.45, 2.75) is 9.15 Å². The van der Waals surface area contributed by atoms with Gasteiger partial charge in [-0.1, -0.05) is 55.1 Å². The van der Waals surface area contributed by atoms with E-state index in [1.807, 2.05) is 12.1 Å². The van der Waals surface area contributed by atoms with Crippen molar-refractivity contribution in [1.82, 2.24) is 0 Å². The van der Waals surface area contributed by atoms with Crippen LogP contribution in [0.4, 0.5) is 0 Å². The van der Waals surface area contributed by atoms with Gasteiger partial charge in [-0.2, -0.15) is 0 Å². The molecule has 0 aromatic heterocycles. The maximum absolute atomic E-state index is 10.8. The Morgan fingerprint density at radius 3 is 2.13 bits per heavy atom. The normalized spacial score (nSPS) is 27.5. The smallest absolute Gasteiger partial charge is 0.126 e. The molecule has 0 unspecified atom stereocenters. The fourth-order valence-electron chi connectivity index (χ4n) is 1.70. The summed E-state index contributed by atoms with van der Waals surface area (Å²) in [5.41, 5.74) is 0.971. The molecule has 1 aliphatic rings. The van der Waals surface area contributed by atoms with Crippen molar-refractivity contribution in [3.63, 3.8) is 0 Å². The second-order valence-electron chi connectivity index (χ2n) is 3.52. The molecule has 0 radical (unpaired) electrons. The lowest BCUT2D eigenvalue weighted by Crippen LogP contribution is -1.89. The molecule has 1 aliphatic carbocycles. The number of halogens is 4. The Hall–Kier alpha value is 0.430. The highest BCUT2D eigenvalue weighted by molar-refractivity contribution is 9.25. The molecule has 5 heteroatoms. The third-order valence-electron chi connectivity index (χ3n) is 2.50. The van der Waals surface area contributed by atoms with E-state index in [9.17, 15) is 4.79 Å². The highest BCUT2D eigenvalue weighted by Crippen LogP contribution is 2.66. The quantitative estimate of drug-likeness (QED) is 0.555. The summed E-state index contributed by atoms with van der Waals surface area (Å²) in [5.74, 6) is 0.0123. The minimum absolute atomic E-state index is 0.0768. The lowest BCUT2D eigenvalue weighted by atomic mass is 10.1. The second-order valence-corrected chi connectivity index (χ2v) is 8.08. The van der Waals surface area contributed by atoms with Crippen LogP contribution in [-0.4, -0.2) is 9.52 Å². The van der Waals surface area contributed by atoms with Gasteiger partial charge in [0.25, 0.3) is 0 Å². The Bertz CT molecular complexity index is 400. The summed E-state index contributed by atoms with van der Waals surface area (Å²) in [4.78, 5) is 10.8. The zero-order valence-corrected chi connectivity index (χ0v) is 12.1. The average molecular weight is 373 g/mol. The number of hydrogen-bond acceptors (Lipinski definition) is 1. The number of alkyl halides is 2. The average Bonchev–Trinajstić information content (AvgIpc) is 2.66. The molecule has 80 valence electrons. The Labute approximate surface area is 114 Å². The van der Waals surface area contributed by atoms with E-state index in [-0.39, 0.29) is 15.1 Å². The zero-order chi connectivity index (χ0) is 11.2. The summed E-state index contributed by atoms with van der Waals surface area (Å²) in [5, 5.41) is 1.18. The summed E-state index contributed by atoms with van der Waals surface area (Å²) in [6.07, 6.45) is 0.934. The van der Waals surface area contributed by atoms with Crippen LogP contribution in [0.2, 0.25) is 10.0 Å². The Kier molecular flexibility index (Phi) is 3.19. The number of carbonyl (C=O) groups is 1. The first-order valence-electron chi connectivity index (χ1n) is 4.26. The highest BCUT2D eigenvalue weighted by atomic mass is 79.9. The molecule has 0 spiro atoms. The van der Waals surface area contributed by atoms with Gasteiger partial charge in [0.15, 0.2) is 0 Å². The third-order valence-corrected chi connectivity index (χ3v) is 4.98. The fraction of sp³-hybridized carbons (Fsp3) is 0.300. The van der Waals surface area contributed by atoms with E-state index < -0.39 is 0 Å². The number of benzene rings is 1. The molecular weight excluding hydrogens is 367 g/mol. The largest absolute Gasteiger partial charge is 0.303 e. The van der Waals surface area contributed by atoms with Crippen LogP contribution in [0.25, 0.3) is 0 Å². The van der Waals surface area contributed by atoms with E-state index in [0.717, 1.165) is 11.8 Å². The molecule has 0 heterocycles. The monoisotopic (exact) mass is 370 g/mol. The molecule has 15 heavy (non-hydrogen) atoms. The van der Waals surface area contributed by atoms with E-state index in [4.69, 9.17) is 23.2 Å². The van der Waals surface area contributed by atoms with Gasteiger partial charge in [0, 0.05) is 21.9 Å². The fourth-order valence-corrected chi connectivity index (χ4v) is 3.83. The summed E-state index contributed by atoms with van der Waals surface area (Å²) in [6.45, 7) is 0. The zero-order valence-electron chi connectivity index (χ0n) is 7.38. The van der Waals surface area contributed by atoms with Crippen molar-refractivity contribution in [1.29, 1.82) is 0 Å². The summed E-state index contributed by atoms with van der Waals surface area (Å²) in [6, 6.07) is 5.34. The molecule has 0 aliphatic heterocycles. The lowest BCUT2D eigenvalue weighted by Gasteiger charge is -2.02. The number of rotatable bonds is 2. The molecule has 2 rings (SSSR count). The first kappa shape index (κ1) is 11.9. The number of carbonyl (C=O) groups excluding carboxylic acids is 1. The van der Waals surface area contributed by atoms with Gasteiger partial charge in [-0.3, -0.25) is 0 Å². The van der Waals surface area contributed by atoms with Crippen molar-refractivity contribution < 1.29 is 4.79 Å². The summed E-state index contributed by atoms with van der Waals surface area (Å²) >= 11 is 18.7. The van der Waals surface area contributed by atoms with Gasteiger partial charge in [-0.05, 0) is 23.8 Å². The van der Waals surface area contributed by atoms with Crippen LogP contribution in [0.1, 0.15) is 11.5 Å². The Morgan fingerprint density at radius 2 is 1.73 bits per heavy atom. The van der Waals surface area contributed by atoms with Crippen LogP contribution in [0, 0.1) is 5.92 Å². The minimum Gasteiger partial charge on any atom is -0.303 e. The molecule has 1 aromatic rings. The molecule has 0 N–H and O–H groups in total. The van der Waals surface area contributed by atoms with Crippen LogP contribution in [-0.2, 0) is 4.79 Å². The van der Waals surface area contributed by atoms with Crippen LogP contribution >= 0.6 is 55.1 Å². The van der Waals surface area contributed by atoms with E-state index in [0.29, 0.717) is 10.0 Å². The number of hydrogen-bond donors (Lipinski definition) is 0. The van der Waals surface area contributed by atoms with Gasteiger partial charge in [-0.25, -0.2) is 0 Å². The maximum Gasteiger partial charge on any atom is 0.126 e. The second kappa shape index (κ2) is 4.02. The predicted octanol–water partition coefficient (Wildman–Crippen LogP) is 4.39. The van der Waals surface area contributed by atoms with Crippen LogP contribution in [0.3, 0.4) is 0 Å². The minimum atomic E-state index is -0.338. The van der Waals surface area contributed by atoms with E-state index >= 15 is 0 Å². The lowest BCUT2D eigenvalue weighted by molar-refractivity contribution is -0.108. The highest BCUT2D eigenvalue weighted by Gasteiger charge is 2.62. The van der Waals surface area contributed by atoms with Gasteiger partial charge in [0.1, 0.15) is 6.29 Å². The molecule has 1 saturated carbocycles. The molecule has 0 saturated heterocycles.